The van der Waals surface area contributed by atoms with Crippen LogP contribution >= 0.6 is 0 Å². The Kier molecular flexibility index (Phi) is 7.80. The Hall–Kier alpha value is -3.09. The first kappa shape index (κ1) is 23.2. The summed E-state index contributed by atoms with van der Waals surface area (Å²) < 4.78 is 30.1. The van der Waals surface area contributed by atoms with Crippen LogP contribution in [0.3, 0.4) is 0 Å². The molecule has 0 radical (unpaired) electrons. The average Bonchev–Trinajstić information content (AvgIpc) is 2.66. The Morgan fingerprint density at radius 3 is 2.13 bits per heavy atom. The van der Waals surface area contributed by atoms with Crippen molar-refractivity contribution in [2.75, 3.05) is 0 Å². The minimum atomic E-state index is -0.923. The largest absolute Gasteiger partial charge is 0.482 e. The van der Waals surface area contributed by atoms with Crippen molar-refractivity contribution in [2.24, 2.45) is 0 Å². The molecule has 1 amide bonds. The predicted octanol–water partition coefficient (Wildman–Crippen LogP) is 4.79. The van der Waals surface area contributed by atoms with Crippen LogP contribution in [-0.2, 0) is 14.3 Å². The highest BCUT2D eigenvalue weighted by Crippen LogP contribution is 2.27. The van der Waals surface area contributed by atoms with E-state index in [2.05, 4.69) is 5.32 Å². The molecule has 0 aliphatic heterocycles. The molecule has 0 bridgehead atoms. The van der Waals surface area contributed by atoms with E-state index in [1.165, 1.54) is 19.1 Å². The fourth-order valence-corrected chi connectivity index (χ4v) is 2.62. The van der Waals surface area contributed by atoms with E-state index in [1.807, 2.05) is 18.2 Å². The first-order valence-corrected chi connectivity index (χ1v) is 9.72. The Labute approximate surface area is 176 Å². The molecule has 7 heteroatoms. The van der Waals surface area contributed by atoms with Crippen LogP contribution in [0.4, 0.5) is 9.18 Å². The first-order valence-electron chi connectivity index (χ1n) is 9.72. The van der Waals surface area contributed by atoms with Gasteiger partial charge in [0.25, 0.3) is 0 Å². The van der Waals surface area contributed by atoms with Gasteiger partial charge in [0.1, 0.15) is 29.3 Å². The maximum absolute atomic E-state index is 13.4. The summed E-state index contributed by atoms with van der Waals surface area (Å²) in [6.07, 6.45) is -2.10. The van der Waals surface area contributed by atoms with Gasteiger partial charge >= 0.3 is 12.1 Å². The molecule has 0 heterocycles. The van der Waals surface area contributed by atoms with Crippen LogP contribution in [0.15, 0.2) is 54.6 Å². The number of alkyl carbamates (subject to hydrolysis) is 1. The van der Waals surface area contributed by atoms with Gasteiger partial charge in [0.15, 0.2) is 6.10 Å². The predicted molar refractivity (Wildman–Crippen MR) is 111 cm³/mol. The number of rotatable bonds is 7. The molecule has 0 saturated carbocycles. The van der Waals surface area contributed by atoms with E-state index in [4.69, 9.17) is 14.2 Å². The molecule has 30 heavy (non-hydrogen) atoms. The Morgan fingerprint density at radius 2 is 1.57 bits per heavy atom. The summed E-state index contributed by atoms with van der Waals surface area (Å²) >= 11 is 0. The lowest BCUT2D eigenvalue weighted by atomic mass is 10.0. The van der Waals surface area contributed by atoms with Gasteiger partial charge in [0.05, 0.1) is 0 Å². The second kappa shape index (κ2) is 10.1. The molecule has 3 atom stereocenters. The quantitative estimate of drug-likeness (QED) is 0.656. The molecule has 2 aromatic rings. The number of benzene rings is 2. The van der Waals surface area contributed by atoms with Crippen molar-refractivity contribution in [3.05, 3.63) is 66.0 Å². The van der Waals surface area contributed by atoms with Gasteiger partial charge in [-0.25, -0.2) is 14.0 Å². The lowest BCUT2D eigenvalue weighted by molar-refractivity contribution is -0.155. The molecule has 0 fully saturated rings. The van der Waals surface area contributed by atoms with E-state index in [1.54, 1.807) is 52.0 Å². The highest BCUT2D eigenvalue weighted by atomic mass is 19.1. The van der Waals surface area contributed by atoms with Gasteiger partial charge in [-0.1, -0.05) is 30.3 Å². The van der Waals surface area contributed by atoms with Crippen LogP contribution in [0.5, 0.6) is 5.75 Å². The van der Waals surface area contributed by atoms with E-state index in [0.717, 1.165) is 0 Å². The highest BCUT2D eigenvalue weighted by Gasteiger charge is 2.28. The number of esters is 1. The third-order valence-electron chi connectivity index (χ3n) is 4.02. The van der Waals surface area contributed by atoms with Crippen LogP contribution in [-0.4, -0.2) is 29.8 Å². The normalized spacial score (nSPS) is 14.2. The van der Waals surface area contributed by atoms with Gasteiger partial charge in [-0.05, 0) is 64.4 Å². The lowest BCUT2D eigenvalue weighted by Crippen LogP contribution is -2.43. The fourth-order valence-electron chi connectivity index (χ4n) is 2.62. The van der Waals surface area contributed by atoms with E-state index in [0.29, 0.717) is 11.3 Å². The van der Waals surface area contributed by atoms with E-state index < -0.39 is 35.9 Å². The molecular formula is C23H28FNO5. The monoisotopic (exact) mass is 417 g/mol. The molecule has 1 N–H and O–H groups in total. The van der Waals surface area contributed by atoms with Crippen LogP contribution in [0.1, 0.15) is 46.3 Å². The second-order valence-electron chi connectivity index (χ2n) is 7.91. The summed E-state index contributed by atoms with van der Waals surface area (Å²) in [5, 5.41) is 2.45. The van der Waals surface area contributed by atoms with Crippen molar-refractivity contribution >= 4 is 12.1 Å². The Morgan fingerprint density at radius 1 is 0.967 bits per heavy atom. The van der Waals surface area contributed by atoms with Crippen LogP contribution in [0, 0.1) is 5.82 Å². The zero-order chi connectivity index (χ0) is 22.3. The lowest BCUT2D eigenvalue weighted by Gasteiger charge is -2.27. The summed E-state index contributed by atoms with van der Waals surface area (Å²) in [6, 6.07) is 13.9. The molecule has 2 rings (SSSR count). The summed E-state index contributed by atoms with van der Waals surface area (Å²) in [5.74, 6) is -0.441. The molecule has 0 saturated heterocycles. The molecule has 2 aromatic carbocycles. The number of ether oxygens (including phenoxy) is 3. The van der Waals surface area contributed by atoms with Crippen molar-refractivity contribution in [1.29, 1.82) is 0 Å². The Bertz CT molecular complexity index is 833. The van der Waals surface area contributed by atoms with Gasteiger partial charge in [-0.2, -0.15) is 0 Å². The van der Waals surface area contributed by atoms with Crippen molar-refractivity contribution in [1.82, 2.24) is 5.32 Å². The molecule has 0 aromatic heterocycles. The number of carbonyl (C=O) groups excluding carboxylic acids is 2. The summed E-state index contributed by atoms with van der Waals surface area (Å²) in [5.41, 5.74) is -0.0358. The minimum absolute atomic E-state index is 0.378. The Balaban J connectivity index is 2.09. The number of hydrogen-bond acceptors (Lipinski definition) is 5. The van der Waals surface area contributed by atoms with E-state index in [9.17, 15) is 14.0 Å². The SMILES string of the molecule is CC(NC(=O)OC(C)(C)C)C(=O)O[C@@H](C)[C@H](Oc1ccccc1)c1ccc(F)cc1. The smallest absolute Gasteiger partial charge is 0.408 e. The van der Waals surface area contributed by atoms with Gasteiger partial charge < -0.3 is 19.5 Å². The summed E-state index contributed by atoms with van der Waals surface area (Å²) in [6.45, 7) is 8.36. The third kappa shape index (κ3) is 7.39. The van der Waals surface area contributed by atoms with Gasteiger partial charge in [-0.15, -0.1) is 0 Å². The van der Waals surface area contributed by atoms with Gasteiger partial charge in [0, 0.05) is 0 Å². The van der Waals surface area contributed by atoms with Crippen molar-refractivity contribution in [2.45, 2.75) is 58.5 Å². The topological polar surface area (TPSA) is 73.9 Å². The molecule has 0 aliphatic carbocycles. The first-order chi connectivity index (χ1) is 14.0. The highest BCUT2D eigenvalue weighted by molar-refractivity contribution is 5.81. The molecule has 0 spiro atoms. The van der Waals surface area contributed by atoms with E-state index >= 15 is 0 Å². The summed E-state index contributed by atoms with van der Waals surface area (Å²) in [7, 11) is 0. The molecule has 1 unspecified atom stereocenters. The minimum Gasteiger partial charge on any atom is -0.482 e. The second-order valence-corrected chi connectivity index (χ2v) is 7.91. The standard InChI is InChI=1S/C23H28FNO5/c1-15(25-22(27)30-23(3,4)5)21(26)28-16(2)20(17-11-13-18(24)14-12-17)29-19-9-7-6-8-10-19/h6-16,20H,1-5H3,(H,25,27)/t15?,16-,20-/m0/s1. The number of para-hydroxylation sites is 1. The average molecular weight is 417 g/mol. The third-order valence-corrected chi connectivity index (χ3v) is 4.02. The molecule has 6 nitrogen and oxygen atoms in total. The van der Waals surface area contributed by atoms with E-state index in [-0.39, 0.29) is 5.82 Å². The number of nitrogens with one attached hydrogen (secondary N) is 1. The maximum Gasteiger partial charge on any atom is 0.408 e. The fraction of sp³-hybridized carbons (Fsp3) is 0.391. The number of amides is 1. The van der Waals surface area contributed by atoms with Crippen molar-refractivity contribution in [3.8, 4) is 5.75 Å². The maximum atomic E-state index is 13.4. The molecule has 162 valence electrons. The molecule has 0 aliphatic rings. The van der Waals surface area contributed by atoms with Gasteiger partial charge in [0.2, 0.25) is 0 Å². The zero-order valence-corrected chi connectivity index (χ0v) is 17.8. The van der Waals surface area contributed by atoms with Crippen LogP contribution in [0.25, 0.3) is 0 Å². The summed E-state index contributed by atoms with van der Waals surface area (Å²) in [4.78, 5) is 24.4. The zero-order valence-electron chi connectivity index (χ0n) is 17.8. The molecular weight excluding hydrogens is 389 g/mol. The number of halogens is 1. The van der Waals surface area contributed by atoms with Crippen LogP contribution in [0.2, 0.25) is 0 Å². The number of hydrogen-bond donors (Lipinski definition) is 1. The van der Waals surface area contributed by atoms with Gasteiger partial charge in [-0.3, -0.25) is 0 Å². The van der Waals surface area contributed by atoms with Crippen LogP contribution < -0.4 is 10.1 Å². The van der Waals surface area contributed by atoms with Crippen molar-refractivity contribution in [3.63, 3.8) is 0 Å². The van der Waals surface area contributed by atoms with Crippen molar-refractivity contribution < 1.29 is 28.2 Å². The number of carbonyl (C=O) groups is 2.